The predicted octanol–water partition coefficient (Wildman–Crippen LogP) is 2.11. The Morgan fingerprint density at radius 2 is 2.22 bits per heavy atom. The van der Waals surface area contributed by atoms with E-state index in [-0.39, 0.29) is 0 Å². The van der Waals surface area contributed by atoms with Gasteiger partial charge in [-0.25, -0.2) is 14.6 Å². The van der Waals surface area contributed by atoms with E-state index >= 15 is 0 Å². The maximum Gasteiger partial charge on any atom is 0.159 e. The third kappa shape index (κ3) is 2.46. The SMILES string of the molecule is CC(C)c1nc2n(n1)C[C@H](Nc1ccnc3c1cnn3C)CC2. The summed E-state index contributed by atoms with van der Waals surface area (Å²) in [6.07, 6.45) is 5.71. The maximum atomic E-state index is 4.65. The summed E-state index contributed by atoms with van der Waals surface area (Å²) in [6, 6.07) is 2.36. The van der Waals surface area contributed by atoms with Crippen molar-refractivity contribution in [1.29, 1.82) is 0 Å². The van der Waals surface area contributed by atoms with E-state index in [1.54, 1.807) is 4.68 Å². The number of anilines is 1. The van der Waals surface area contributed by atoms with Crippen molar-refractivity contribution in [2.75, 3.05) is 5.32 Å². The predicted molar refractivity (Wildman–Crippen MR) is 88.4 cm³/mol. The zero-order chi connectivity index (χ0) is 16.0. The van der Waals surface area contributed by atoms with Gasteiger partial charge in [0.25, 0.3) is 0 Å². The summed E-state index contributed by atoms with van der Waals surface area (Å²) in [6.45, 7) is 5.11. The van der Waals surface area contributed by atoms with Crippen LogP contribution >= 0.6 is 0 Å². The minimum absolute atomic E-state index is 0.343. The number of fused-ring (bicyclic) bond motifs is 2. The number of nitrogens with one attached hydrogen (secondary N) is 1. The van der Waals surface area contributed by atoms with Crippen molar-refractivity contribution < 1.29 is 0 Å². The summed E-state index contributed by atoms with van der Waals surface area (Å²) in [5, 5.41) is 13.6. The fourth-order valence-corrected chi connectivity index (χ4v) is 3.08. The highest BCUT2D eigenvalue weighted by Gasteiger charge is 2.23. The number of rotatable bonds is 3. The summed E-state index contributed by atoms with van der Waals surface area (Å²) in [5.74, 6) is 2.42. The van der Waals surface area contributed by atoms with Crippen LogP contribution in [-0.2, 0) is 20.0 Å². The molecular weight excluding hydrogens is 290 g/mol. The number of hydrogen-bond donors (Lipinski definition) is 1. The zero-order valence-electron chi connectivity index (χ0n) is 13.7. The summed E-state index contributed by atoms with van der Waals surface area (Å²) in [5.41, 5.74) is 1.98. The van der Waals surface area contributed by atoms with E-state index in [4.69, 9.17) is 0 Å². The lowest BCUT2D eigenvalue weighted by Gasteiger charge is -2.24. The van der Waals surface area contributed by atoms with E-state index in [1.807, 2.05) is 25.5 Å². The van der Waals surface area contributed by atoms with Gasteiger partial charge < -0.3 is 5.32 Å². The van der Waals surface area contributed by atoms with Crippen molar-refractivity contribution in [1.82, 2.24) is 29.5 Å². The van der Waals surface area contributed by atoms with Crippen LogP contribution in [0.25, 0.3) is 11.0 Å². The molecule has 1 N–H and O–H groups in total. The first-order valence-corrected chi connectivity index (χ1v) is 8.08. The molecule has 0 spiro atoms. The van der Waals surface area contributed by atoms with Crippen molar-refractivity contribution >= 4 is 16.7 Å². The van der Waals surface area contributed by atoms with Crippen molar-refractivity contribution in [3.8, 4) is 0 Å². The molecule has 1 aliphatic rings. The molecule has 0 aliphatic carbocycles. The normalized spacial score (nSPS) is 17.7. The molecule has 7 heteroatoms. The average molecular weight is 311 g/mol. The molecule has 3 aromatic rings. The van der Waals surface area contributed by atoms with Crippen LogP contribution in [0.2, 0.25) is 0 Å². The molecule has 4 rings (SSSR count). The van der Waals surface area contributed by atoms with Gasteiger partial charge >= 0.3 is 0 Å². The molecule has 23 heavy (non-hydrogen) atoms. The maximum absolute atomic E-state index is 4.65. The standard InChI is InChI=1S/C16H21N7/c1-10(2)15-20-14-5-4-11(9-23(14)21-15)19-13-6-7-17-16-12(13)8-18-22(16)3/h6-8,10-11H,4-5,9H2,1-3H3,(H,17,19)/t11-/m1/s1. The molecule has 0 saturated heterocycles. The molecule has 3 aromatic heterocycles. The first-order valence-electron chi connectivity index (χ1n) is 8.08. The number of aryl methyl sites for hydroxylation is 2. The molecule has 0 aromatic carbocycles. The van der Waals surface area contributed by atoms with Gasteiger partial charge in [0.05, 0.1) is 18.1 Å². The topological polar surface area (TPSA) is 73.5 Å². The van der Waals surface area contributed by atoms with Crippen LogP contribution in [-0.4, -0.2) is 35.6 Å². The molecule has 0 fully saturated rings. The fraction of sp³-hybridized carbons (Fsp3) is 0.500. The van der Waals surface area contributed by atoms with Crippen LogP contribution in [0.4, 0.5) is 5.69 Å². The Hall–Kier alpha value is -2.44. The lowest BCUT2D eigenvalue weighted by Crippen LogP contribution is -2.32. The molecule has 0 unspecified atom stereocenters. The van der Waals surface area contributed by atoms with Crippen LogP contribution in [0, 0.1) is 0 Å². The number of aromatic nitrogens is 6. The van der Waals surface area contributed by atoms with Gasteiger partial charge in [-0.15, -0.1) is 0 Å². The van der Waals surface area contributed by atoms with Crippen LogP contribution in [0.3, 0.4) is 0 Å². The number of nitrogens with zero attached hydrogens (tertiary/aromatic N) is 6. The third-order valence-corrected chi connectivity index (χ3v) is 4.39. The zero-order valence-corrected chi connectivity index (χ0v) is 13.7. The third-order valence-electron chi connectivity index (χ3n) is 4.39. The van der Waals surface area contributed by atoms with E-state index in [9.17, 15) is 0 Å². The Morgan fingerprint density at radius 1 is 1.35 bits per heavy atom. The summed E-state index contributed by atoms with van der Waals surface area (Å²) in [4.78, 5) is 9.03. The van der Waals surface area contributed by atoms with Crippen molar-refractivity contribution in [2.45, 2.75) is 45.2 Å². The quantitative estimate of drug-likeness (QED) is 0.802. The van der Waals surface area contributed by atoms with Crippen LogP contribution in [0.5, 0.6) is 0 Å². The largest absolute Gasteiger partial charge is 0.380 e. The lowest BCUT2D eigenvalue weighted by molar-refractivity contribution is 0.440. The summed E-state index contributed by atoms with van der Waals surface area (Å²) in [7, 11) is 1.91. The molecule has 0 amide bonds. The van der Waals surface area contributed by atoms with E-state index in [1.165, 1.54) is 0 Å². The van der Waals surface area contributed by atoms with Gasteiger partial charge in [-0.05, 0) is 12.5 Å². The minimum Gasteiger partial charge on any atom is -0.380 e. The van der Waals surface area contributed by atoms with Gasteiger partial charge in [-0.2, -0.15) is 10.2 Å². The Balaban J connectivity index is 1.57. The Morgan fingerprint density at radius 3 is 3.04 bits per heavy atom. The fourth-order valence-electron chi connectivity index (χ4n) is 3.08. The van der Waals surface area contributed by atoms with Gasteiger partial charge in [0.1, 0.15) is 5.82 Å². The van der Waals surface area contributed by atoms with Crippen molar-refractivity contribution in [2.24, 2.45) is 7.05 Å². The van der Waals surface area contributed by atoms with E-state index < -0.39 is 0 Å². The van der Waals surface area contributed by atoms with Gasteiger partial charge in [-0.1, -0.05) is 13.8 Å². The Labute approximate surface area is 134 Å². The first kappa shape index (κ1) is 14.2. The van der Waals surface area contributed by atoms with Gasteiger partial charge in [-0.3, -0.25) is 4.68 Å². The highest BCUT2D eigenvalue weighted by Crippen LogP contribution is 2.24. The lowest BCUT2D eigenvalue weighted by atomic mass is 10.1. The molecule has 4 heterocycles. The van der Waals surface area contributed by atoms with E-state index in [0.717, 1.165) is 47.8 Å². The Kier molecular flexibility index (Phi) is 3.28. The van der Waals surface area contributed by atoms with E-state index in [2.05, 4.69) is 44.0 Å². The summed E-state index contributed by atoms with van der Waals surface area (Å²) >= 11 is 0. The van der Waals surface area contributed by atoms with Gasteiger partial charge in [0, 0.05) is 37.3 Å². The highest BCUT2D eigenvalue weighted by molar-refractivity contribution is 5.88. The number of pyridine rings is 1. The van der Waals surface area contributed by atoms with E-state index in [0.29, 0.717) is 12.0 Å². The van der Waals surface area contributed by atoms with Crippen molar-refractivity contribution in [3.05, 3.63) is 30.1 Å². The first-order chi connectivity index (χ1) is 11.1. The van der Waals surface area contributed by atoms with Crippen LogP contribution in [0.1, 0.15) is 37.8 Å². The monoisotopic (exact) mass is 311 g/mol. The minimum atomic E-state index is 0.343. The second kappa shape index (κ2) is 5.33. The van der Waals surface area contributed by atoms with Crippen molar-refractivity contribution in [3.63, 3.8) is 0 Å². The molecule has 1 aliphatic heterocycles. The highest BCUT2D eigenvalue weighted by atomic mass is 15.4. The summed E-state index contributed by atoms with van der Waals surface area (Å²) < 4.78 is 3.85. The molecule has 1 atom stereocenters. The van der Waals surface area contributed by atoms with Crippen LogP contribution in [0.15, 0.2) is 18.5 Å². The molecule has 0 saturated carbocycles. The van der Waals surface area contributed by atoms with Gasteiger partial charge in [0.2, 0.25) is 0 Å². The molecule has 120 valence electrons. The average Bonchev–Trinajstić information content (AvgIpc) is 3.12. The van der Waals surface area contributed by atoms with Gasteiger partial charge in [0.15, 0.2) is 11.5 Å². The second-order valence-electron chi connectivity index (χ2n) is 6.47. The molecule has 0 radical (unpaired) electrons. The van der Waals surface area contributed by atoms with Crippen LogP contribution < -0.4 is 5.32 Å². The second-order valence-corrected chi connectivity index (χ2v) is 6.47. The number of hydrogen-bond acceptors (Lipinski definition) is 5. The smallest absolute Gasteiger partial charge is 0.159 e. The molecular formula is C16H21N7. The Bertz CT molecular complexity index is 845. The molecule has 0 bridgehead atoms. The molecule has 7 nitrogen and oxygen atoms in total.